The zero-order valence-electron chi connectivity index (χ0n) is 11.2. The van der Waals surface area contributed by atoms with Crippen LogP contribution in [-0.4, -0.2) is 18.2 Å². The van der Waals surface area contributed by atoms with Gasteiger partial charge in [0.2, 0.25) is 0 Å². The molecule has 3 nitrogen and oxygen atoms in total. The predicted molar refractivity (Wildman–Crippen MR) is 81.1 cm³/mol. The number of rotatable bonds is 3. The largest absolute Gasteiger partial charge is 0.357 e. The van der Waals surface area contributed by atoms with E-state index in [2.05, 4.69) is 64.8 Å². The summed E-state index contributed by atoms with van der Waals surface area (Å²) in [6.07, 6.45) is 3.13. The highest BCUT2D eigenvalue weighted by molar-refractivity contribution is 9.11. The summed E-state index contributed by atoms with van der Waals surface area (Å²) in [5.41, 5.74) is 3.96. The fourth-order valence-corrected chi connectivity index (χ4v) is 2.65. The lowest BCUT2D eigenvalue weighted by Gasteiger charge is -2.14. The molecule has 1 aromatic rings. The van der Waals surface area contributed by atoms with Crippen LogP contribution in [0.2, 0.25) is 0 Å². The number of halogens is 1. The van der Waals surface area contributed by atoms with Crippen molar-refractivity contribution in [3.63, 3.8) is 0 Å². The number of hydrogen-bond donors (Lipinski definition) is 2. The molecule has 0 spiro atoms. The zero-order chi connectivity index (χ0) is 13.3. The van der Waals surface area contributed by atoms with Crippen molar-refractivity contribution in [3.8, 4) is 0 Å². The second kappa shape index (κ2) is 5.02. The monoisotopic (exact) mass is 309 g/mol. The summed E-state index contributed by atoms with van der Waals surface area (Å²) in [5.74, 6) is 0. The van der Waals surface area contributed by atoms with E-state index in [1.54, 1.807) is 0 Å². The van der Waals surface area contributed by atoms with Gasteiger partial charge in [-0.2, -0.15) is 0 Å². The molecule has 1 unspecified atom stereocenters. The van der Waals surface area contributed by atoms with Gasteiger partial charge in [0.1, 0.15) is 4.61 Å². The van der Waals surface area contributed by atoms with E-state index in [1.807, 2.05) is 6.08 Å². The van der Waals surface area contributed by atoms with E-state index in [9.17, 15) is 0 Å². The lowest BCUT2D eigenvalue weighted by atomic mass is 9.90. The van der Waals surface area contributed by atoms with E-state index >= 15 is 0 Å². The van der Waals surface area contributed by atoms with Crippen molar-refractivity contribution in [3.05, 3.63) is 27.6 Å². The molecule has 1 aliphatic rings. The van der Waals surface area contributed by atoms with Crippen LogP contribution in [0.15, 0.2) is 15.7 Å². The number of nitrogens with zero attached hydrogens (tertiary/aromatic N) is 1. The molecule has 0 bridgehead atoms. The van der Waals surface area contributed by atoms with Crippen molar-refractivity contribution in [2.45, 2.75) is 33.2 Å². The molecule has 0 aromatic carbocycles. The lowest BCUT2D eigenvalue weighted by molar-refractivity contribution is 0.402. The first-order valence-electron chi connectivity index (χ1n) is 6.18. The van der Waals surface area contributed by atoms with Crippen molar-refractivity contribution < 1.29 is 0 Å². The standard InChI is InChI=1S/C14H20BrN3/c1-9-5-11(12-7-14(2,3)8-17-12)18-10(9)6-13(15)16-4/h5-6,12,17-18H,4,7-8H2,1-3H3/b13-6-. The molecule has 0 saturated carbocycles. The zero-order valence-corrected chi connectivity index (χ0v) is 12.8. The molecule has 2 rings (SSSR count). The van der Waals surface area contributed by atoms with Gasteiger partial charge in [0.25, 0.3) is 0 Å². The van der Waals surface area contributed by atoms with Crippen LogP contribution in [-0.2, 0) is 0 Å². The number of aromatic nitrogens is 1. The highest BCUT2D eigenvalue weighted by atomic mass is 79.9. The summed E-state index contributed by atoms with van der Waals surface area (Å²) in [4.78, 5) is 7.32. The third-order valence-corrected chi connectivity index (χ3v) is 3.93. The maximum absolute atomic E-state index is 3.85. The Morgan fingerprint density at radius 3 is 2.89 bits per heavy atom. The molecule has 0 aliphatic carbocycles. The van der Waals surface area contributed by atoms with Gasteiger partial charge in [-0.05, 0) is 59.1 Å². The van der Waals surface area contributed by atoms with Crippen molar-refractivity contribution in [1.29, 1.82) is 0 Å². The van der Waals surface area contributed by atoms with Gasteiger partial charge in [0, 0.05) is 24.0 Å². The topological polar surface area (TPSA) is 40.2 Å². The quantitative estimate of drug-likeness (QED) is 0.647. The molecule has 1 atom stereocenters. The molecule has 98 valence electrons. The van der Waals surface area contributed by atoms with E-state index in [4.69, 9.17) is 0 Å². The summed E-state index contributed by atoms with van der Waals surface area (Å²) in [6, 6.07) is 2.64. The van der Waals surface area contributed by atoms with Gasteiger partial charge < -0.3 is 10.3 Å². The van der Waals surface area contributed by atoms with E-state index < -0.39 is 0 Å². The number of nitrogens with one attached hydrogen (secondary N) is 2. The molecule has 2 N–H and O–H groups in total. The Morgan fingerprint density at radius 2 is 2.33 bits per heavy atom. The Morgan fingerprint density at radius 1 is 1.61 bits per heavy atom. The second-order valence-corrected chi connectivity index (χ2v) is 6.56. The van der Waals surface area contributed by atoms with Crippen molar-refractivity contribution in [1.82, 2.24) is 10.3 Å². The van der Waals surface area contributed by atoms with E-state index in [1.165, 1.54) is 11.3 Å². The maximum Gasteiger partial charge on any atom is 0.107 e. The van der Waals surface area contributed by atoms with Gasteiger partial charge in [0.15, 0.2) is 0 Å². The van der Waals surface area contributed by atoms with Gasteiger partial charge in [-0.25, -0.2) is 0 Å². The minimum atomic E-state index is 0.378. The number of aliphatic imine (C=N–C) groups is 1. The molecular weight excluding hydrogens is 290 g/mol. The summed E-state index contributed by atoms with van der Waals surface area (Å²) in [7, 11) is 0. The summed E-state index contributed by atoms with van der Waals surface area (Å²) in [6.45, 7) is 11.3. The Hall–Kier alpha value is -0.870. The first kappa shape index (κ1) is 13.6. The lowest BCUT2D eigenvalue weighted by Crippen LogP contribution is -2.16. The first-order chi connectivity index (χ1) is 8.41. The molecule has 0 radical (unpaired) electrons. The third kappa shape index (κ3) is 2.93. The van der Waals surface area contributed by atoms with Crippen LogP contribution in [0.5, 0.6) is 0 Å². The smallest absolute Gasteiger partial charge is 0.107 e. The average molecular weight is 310 g/mol. The summed E-state index contributed by atoms with van der Waals surface area (Å²) >= 11 is 3.35. The van der Waals surface area contributed by atoms with Crippen LogP contribution in [0.4, 0.5) is 0 Å². The Balaban J connectivity index is 2.22. The molecule has 1 fully saturated rings. The molecule has 2 heterocycles. The highest BCUT2D eigenvalue weighted by Crippen LogP contribution is 2.35. The van der Waals surface area contributed by atoms with Gasteiger partial charge in [-0.3, -0.25) is 4.99 Å². The van der Waals surface area contributed by atoms with E-state index in [0.29, 0.717) is 11.5 Å². The van der Waals surface area contributed by atoms with Crippen LogP contribution in [0.25, 0.3) is 6.08 Å². The molecule has 0 amide bonds. The van der Waals surface area contributed by atoms with Crippen molar-refractivity contribution >= 4 is 28.7 Å². The number of aromatic amines is 1. The highest BCUT2D eigenvalue weighted by Gasteiger charge is 2.32. The van der Waals surface area contributed by atoms with Gasteiger partial charge in [-0.15, -0.1) is 0 Å². The molecule has 1 aromatic heterocycles. The molecule has 1 aliphatic heterocycles. The average Bonchev–Trinajstić information content (AvgIpc) is 2.83. The van der Waals surface area contributed by atoms with Crippen LogP contribution in [0.1, 0.15) is 43.3 Å². The Labute approximate surface area is 117 Å². The minimum absolute atomic E-state index is 0.378. The van der Waals surface area contributed by atoms with Crippen molar-refractivity contribution in [2.75, 3.05) is 6.54 Å². The van der Waals surface area contributed by atoms with Crippen LogP contribution in [0.3, 0.4) is 0 Å². The number of aryl methyl sites for hydroxylation is 1. The van der Waals surface area contributed by atoms with E-state index in [0.717, 1.165) is 23.3 Å². The fourth-order valence-electron chi connectivity index (χ4n) is 2.42. The van der Waals surface area contributed by atoms with Gasteiger partial charge in [-0.1, -0.05) is 13.8 Å². The first-order valence-corrected chi connectivity index (χ1v) is 6.97. The molecule has 4 heteroatoms. The fraction of sp³-hybridized carbons (Fsp3) is 0.500. The van der Waals surface area contributed by atoms with Crippen LogP contribution in [0, 0.1) is 12.3 Å². The third-order valence-electron chi connectivity index (χ3n) is 3.45. The van der Waals surface area contributed by atoms with Crippen molar-refractivity contribution in [2.24, 2.45) is 10.4 Å². The predicted octanol–water partition coefficient (Wildman–Crippen LogP) is 3.78. The normalized spacial score (nSPS) is 23.3. The van der Waals surface area contributed by atoms with Gasteiger partial charge in [0.05, 0.1) is 0 Å². The number of hydrogen-bond acceptors (Lipinski definition) is 2. The number of H-pyrrole nitrogens is 1. The van der Waals surface area contributed by atoms with Crippen LogP contribution >= 0.6 is 15.9 Å². The second-order valence-electron chi connectivity index (χ2n) is 5.75. The molecular formula is C14H20BrN3. The molecule has 1 saturated heterocycles. The molecule has 18 heavy (non-hydrogen) atoms. The van der Waals surface area contributed by atoms with E-state index in [-0.39, 0.29) is 0 Å². The van der Waals surface area contributed by atoms with Gasteiger partial charge >= 0.3 is 0 Å². The minimum Gasteiger partial charge on any atom is -0.357 e. The van der Waals surface area contributed by atoms with Crippen LogP contribution < -0.4 is 5.32 Å². The summed E-state index contributed by atoms with van der Waals surface area (Å²) < 4.78 is 0.749. The Kier molecular flexibility index (Phi) is 3.78. The summed E-state index contributed by atoms with van der Waals surface area (Å²) in [5, 5.41) is 3.57. The Bertz CT molecular complexity index is 485. The SMILES string of the molecule is C=N/C(Br)=C\c1[nH]c(C2CC(C)(C)CN2)cc1C. The maximum atomic E-state index is 3.85.